The highest BCUT2D eigenvalue weighted by Crippen LogP contribution is 2.16. The van der Waals surface area contributed by atoms with E-state index in [1.165, 1.54) is 0 Å². The van der Waals surface area contributed by atoms with Crippen molar-refractivity contribution in [1.82, 2.24) is 5.32 Å². The van der Waals surface area contributed by atoms with Gasteiger partial charge in [-0.25, -0.2) is 0 Å². The zero-order chi connectivity index (χ0) is 11.3. The maximum absolute atomic E-state index is 11.3. The standard InChI is InChI=1S/C10H19NO4/c1-8(2)15-5-9(12)11-6-10(13)3-4-14-7-10/h8,13H,3-7H2,1-2H3,(H,11,12). The molecule has 0 radical (unpaired) electrons. The van der Waals surface area contributed by atoms with Crippen molar-refractivity contribution in [3.63, 3.8) is 0 Å². The Bertz CT molecular complexity index is 211. The number of hydrogen-bond donors (Lipinski definition) is 2. The summed E-state index contributed by atoms with van der Waals surface area (Å²) in [6.07, 6.45) is 0.604. The molecule has 1 rings (SSSR count). The monoisotopic (exact) mass is 217 g/mol. The van der Waals surface area contributed by atoms with Crippen LogP contribution in [0, 0.1) is 0 Å². The summed E-state index contributed by atoms with van der Waals surface area (Å²) in [4.78, 5) is 11.3. The third-order valence-electron chi connectivity index (χ3n) is 2.24. The molecule has 88 valence electrons. The van der Waals surface area contributed by atoms with Crippen LogP contribution in [0.5, 0.6) is 0 Å². The van der Waals surface area contributed by atoms with Gasteiger partial charge in [0.05, 0.1) is 12.7 Å². The van der Waals surface area contributed by atoms with Crippen molar-refractivity contribution in [3.8, 4) is 0 Å². The Hall–Kier alpha value is -0.650. The molecule has 1 heterocycles. The van der Waals surface area contributed by atoms with Crippen molar-refractivity contribution in [2.45, 2.75) is 32.0 Å². The highest BCUT2D eigenvalue weighted by atomic mass is 16.5. The van der Waals surface area contributed by atoms with Crippen molar-refractivity contribution < 1.29 is 19.4 Å². The van der Waals surface area contributed by atoms with Crippen LogP contribution < -0.4 is 5.32 Å². The number of aliphatic hydroxyl groups is 1. The smallest absolute Gasteiger partial charge is 0.246 e. The van der Waals surface area contributed by atoms with Crippen LogP contribution in [0.2, 0.25) is 0 Å². The Morgan fingerprint density at radius 2 is 2.40 bits per heavy atom. The number of nitrogens with one attached hydrogen (secondary N) is 1. The van der Waals surface area contributed by atoms with Gasteiger partial charge in [0, 0.05) is 19.6 Å². The molecule has 0 aromatic heterocycles. The van der Waals surface area contributed by atoms with Crippen LogP contribution in [-0.4, -0.2) is 49.1 Å². The van der Waals surface area contributed by atoms with Crippen LogP contribution >= 0.6 is 0 Å². The van der Waals surface area contributed by atoms with Crippen LogP contribution in [0.3, 0.4) is 0 Å². The van der Waals surface area contributed by atoms with Crippen LogP contribution in [0.15, 0.2) is 0 Å². The molecule has 2 N–H and O–H groups in total. The van der Waals surface area contributed by atoms with Gasteiger partial charge in [0.25, 0.3) is 0 Å². The zero-order valence-corrected chi connectivity index (χ0v) is 9.28. The SMILES string of the molecule is CC(C)OCC(=O)NCC1(O)CCOC1. The predicted octanol–water partition coefficient (Wildman–Crippen LogP) is -0.321. The summed E-state index contributed by atoms with van der Waals surface area (Å²) >= 11 is 0. The lowest BCUT2D eigenvalue weighted by Crippen LogP contribution is -2.44. The van der Waals surface area contributed by atoms with E-state index in [4.69, 9.17) is 9.47 Å². The van der Waals surface area contributed by atoms with Gasteiger partial charge in [0.2, 0.25) is 5.91 Å². The highest BCUT2D eigenvalue weighted by Gasteiger charge is 2.32. The van der Waals surface area contributed by atoms with Crippen LogP contribution in [0.25, 0.3) is 0 Å². The molecule has 1 fully saturated rings. The molecule has 0 bridgehead atoms. The van der Waals surface area contributed by atoms with E-state index >= 15 is 0 Å². The number of hydrogen-bond acceptors (Lipinski definition) is 4. The van der Waals surface area contributed by atoms with Gasteiger partial charge < -0.3 is 19.9 Å². The van der Waals surface area contributed by atoms with E-state index in [2.05, 4.69) is 5.32 Å². The van der Waals surface area contributed by atoms with Crippen LogP contribution in [0.1, 0.15) is 20.3 Å². The number of rotatable bonds is 5. The first kappa shape index (κ1) is 12.4. The quantitative estimate of drug-likeness (QED) is 0.662. The molecule has 1 atom stereocenters. The van der Waals surface area contributed by atoms with Gasteiger partial charge in [0.1, 0.15) is 12.2 Å². The first-order chi connectivity index (χ1) is 7.02. The van der Waals surface area contributed by atoms with Gasteiger partial charge in [-0.2, -0.15) is 0 Å². The molecule has 15 heavy (non-hydrogen) atoms. The molecule has 1 aliphatic rings. The molecular formula is C10H19NO4. The van der Waals surface area contributed by atoms with E-state index in [1.54, 1.807) is 0 Å². The minimum atomic E-state index is -0.895. The van der Waals surface area contributed by atoms with Gasteiger partial charge in [-0.15, -0.1) is 0 Å². The summed E-state index contributed by atoms with van der Waals surface area (Å²) in [5.41, 5.74) is -0.895. The molecule has 1 saturated heterocycles. The molecule has 1 aliphatic heterocycles. The van der Waals surface area contributed by atoms with E-state index in [0.29, 0.717) is 13.0 Å². The minimum absolute atomic E-state index is 0.0358. The second-order valence-corrected chi connectivity index (χ2v) is 4.16. The summed E-state index contributed by atoms with van der Waals surface area (Å²) < 4.78 is 10.2. The van der Waals surface area contributed by atoms with Crippen LogP contribution in [0.4, 0.5) is 0 Å². The molecule has 5 nitrogen and oxygen atoms in total. The van der Waals surface area contributed by atoms with Gasteiger partial charge in [0.15, 0.2) is 0 Å². The number of carbonyl (C=O) groups excluding carboxylic acids is 1. The molecule has 5 heteroatoms. The Balaban J connectivity index is 2.16. The highest BCUT2D eigenvalue weighted by molar-refractivity contribution is 5.77. The van der Waals surface area contributed by atoms with Crippen molar-refractivity contribution in [1.29, 1.82) is 0 Å². The first-order valence-corrected chi connectivity index (χ1v) is 5.20. The van der Waals surface area contributed by atoms with E-state index < -0.39 is 5.60 Å². The van der Waals surface area contributed by atoms with Crippen LogP contribution in [-0.2, 0) is 14.3 Å². The van der Waals surface area contributed by atoms with Gasteiger partial charge in [-0.3, -0.25) is 4.79 Å². The summed E-state index contributed by atoms with van der Waals surface area (Å²) in [7, 11) is 0. The lowest BCUT2D eigenvalue weighted by Gasteiger charge is -2.20. The molecule has 0 aromatic carbocycles. The largest absolute Gasteiger partial charge is 0.386 e. The fourth-order valence-corrected chi connectivity index (χ4v) is 1.29. The van der Waals surface area contributed by atoms with E-state index in [9.17, 15) is 9.90 Å². The van der Waals surface area contributed by atoms with Crippen molar-refractivity contribution >= 4 is 5.91 Å². The summed E-state index contributed by atoms with van der Waals surface area (Å²) in [6.45, 7) is 4.84. The zero-order valence-electron chi connectivity index (χ0n) is 9.28. The Labute approximate surface area is 89.8 Å². The summed E-state index contributed by atoms with van der Waals surface area (Å²) in [5.74, 6) is -0.205. The van der Waals surface area contributed by atoms with Crippen molar-refractivity contribution in [3.05, 3.63) is 0 Å². The third-order valence-corrected chi connectivity index (χ3v) is 2.24. The Morgan fingerprint density at radius 1 is 1.67 bits per heavy atom. The second kappa shape index (κ2) is 5.44. The average molecular weight is 217 g/mol. The molecule has 0 aliphatic carbocycles. The Morgan fingerprint density at radius 3 is 2.93 bits per heavy atom. The third kappa shape index (κ3) is 4.59. The molecule has 0 saturated carbocycles. The fraction of sp³-hybridized carbons (Fsp3) is 0.900. The first-order valence-electron chi connectivity index (χ1n) is 5.20. The number of ether oxygens (including phenoxy) is 2. The van der Waals surface area contributed by atoms with Gasteiger partial charge in [-0.1, -0.05) is 0 Å². The van der Waals surface area contributed by atoms with E-state index in [1.807, 2.05) is 13.8 Å². The molecule has 0 spiro atoms. The van der Waals surface area contributed by atoms with Crippen molar-refractivity contribution in [2.24, 2.45) is 0 Å². The summed E-state index contributed by atoms with van der Waals surface area (Å²) in [6, 6.07) is 0. The van der Waals surface area contributed by atoms with Gasteiger partial charge in [-0.05, 0) is 13.8 Å². The van der Waals surface area contributed by atoms with E-state index in [0.717, 1.165) is 0 Å². The summed E-state index contributed by atoms with van der Waals surface area (Å²) in [5, 5.41) is 12.5. The lowest BCUT2D eigenvalue weighted by atomic mass is 10.0. The van der Waals surface area contributed by atoms with Crippen molar-refractivity contribution in [2.75, 3.05) is 26.4 Å². The Kier molecular flexibility index (Phi) is 4.50. The minimum Gasteiger partial charge on any atom is -0.386 e. The molecule has 1 amide bonds. The second-order valence-electron chi connectivity index (χ2n) is 4.16. The normalized spacial score (nSPS) is 25.9. The number of carbonyl (C=O) groups is 1. The lowest BCUT2D eigenvalue weighted by molar-refractivity contribution is -0.128. The van der Waals surface area contributed by atoms with Gasteiger partial charge >= 0.3 is 0 Å². The maximum atomic E-state index is 11.3. The fourth-order valence-electron chi connectivity index (χ4n) is 1.29. The number of amides is 1. The molecule has 0 aromatic rings. The molecular weight excluding hydrogens is 198 g/mol. The average Bonchev–Trinajstić information content (AvgIpc) is 2.60. The molecule has 1 unspecified atom stereocenters. The van der Waals surface area contributed by atoms with E-state index in [-0.39, 0.29) is 31.8 Å². The predicted molar refractivity (Wildman–Crippen MR) is 54.5 cm³/mol. The maximum Gasteiger partial charge on any atom is 0.246 e. The topological polar surface area (TPSA) is 67.8 Å².